The number of aromatic carboxylic acids is 1. The van der Waals surface area contributed by atoms with Crippen LogP contribution >= 0.6 is 11.3 Å². The average molecular weight is 340 g/mol. The Morgan fingerprint density at radius 1 is 1.35 bits per heavy atom. The van der Waals surface area contributed by atoms with Gasteiger partial charge in [0.25, 0.3) is 0 Å². The first-order valence-corrected chi connectivity index (χ1v) is 8.65. The molecule has 0 aliphatic carbocycles. The Labute approximate surface area is 140 Å². The van der Waals surface area contributed by atoms with E-state index in [1.807, 2.05) is 20.8 Å². The Morgan fingerprint density at radius 2 is 1.96 bits per heavy atom. The van der Waals surface area contributed by atoms with Crippen molar-refractivity contribution in [2.24, 2.45) is 5.92 Å². The molecule has 7 heteroatoms. The molecule has 0 bridgehead atoms. The smallest absolute Gasteiger partial charge is 0.410 e. The summed E-state index contributed by atoms with van der Waals surface area (Å²) in [7, 11) is 0. The molecule has 2 rings (SSSR count). The van der Waals surface area contributed by atoms with Gasteiger partial charge in [0.05, 0.1) is 10.7 Å². The highest BCUT2D eigenvalue weighted by atomic mass is 32.1. The number of aryl methyl sites for hydroxylation is 1. The molecule has 1 amide bonds. The number of carboxylic acid groups (broad SMARTS) is 1. The van der Waals surface area contributed by atoms with Crippen LogP contribution in [-0.4, -0.2) is 45.7 Å². The molecule has 0 atom stereocenters. The Kier molecular flexibility index (Phi) is 5.29. The van der Waals surface area contributed by atoms with Gasteiger partial charge in [-0.2, -0.15) is 0 Å². The summed E-state index contributed by atoms with van der Waals surface area (Å²) in [5, 5.41) is 9.96. The summed E-state index contributed by atoms with van der Waals surface area (Å²) < 4.78 is 5.39. The number of rotatable bonds is 3. The van der Waals surface area contributed by atoms with Gasteiger partial charge in [-0.1, -0.05) is 0 Å². The van der Waals surface area contributed by atoms with Gasteiger partial charge in [0.1, 0.15) is 10.5 Å². The summed E-state index contributed by atoms with van der Waals surface area (Å²) >= 11 is 1.26. The van der Waals surface area contributed by atoms with E-state index in [2.05, 4.69) is 4.98 Å². The van der Waals surface area contributed by atoms with Crippen LogP contribution in [0.15, 0.2) is 0 Å². The first kappa shape index (κ1) is 17.7. The molecule has 0 unspecified atom stereocenters. The lowest BCUT2D eigenvalue weighted by Crippen LogP contribution is -2.42. The third-order valence-electron chi connectivity index (χ3n) is 3.76. The molecule has 1 N–H and O–H groups in total. The zero-order chi connectivity index (χ0) is 17.2. The number of piperidine rings is 1. The van der Waals surface area contributed by atoms with Crippen molar-refractivity contribution in [2.45, 2.75) is 52.6 Å². The number of likely N-dealkylation sites (tertiary alicyclic amines) is 1. The van der Waals surface area contributed by atoms with Gasteiger partial charge >= 0.3 is 12.1 Å². The molecule has 1 fully saturated rings. The van der Waals surface area contributed by atoms with Gasteiger partial charge in [0.15, 0.2) is 0 Å². The maximum atomic E-state index is 12.0. The molecule has 23 heavy (non-hydrogen) atoms. The van der Waals surface area contributed by atoms with Gasteiger partial charge in [0.2, 0.25) is 0 Å². The maximum Gasteiger partial charge on any atom is 0.410 e. The molecule has 1 saturated heterocycles. The van der Waals surface area contributed by atoms with E-state index in [9.17, 15) is 9.59 Å². The lowest BCUT2D eigenvalue weighted by Gasteiger charge is -2.33. The minimum atomic E-state index is -0.911. The lowest BCUT2D eigenvalue weighted by atomic mass is 9.94. The molecule has 1 aliphatic rings. The SMILES string of the molecule is Cc1nc(CC2CCN(C(=O)OC(C)(C)C)CC2)sc1C(=O)O. The molecule has 6 nitrogen and oxygen atoms in total. The second-order valence-electron chi connectivity index (χ2n) is 6.94. The Balaban J connectivity index is 1.86. The molecule has 1 aromatic rings. The maximum absolute atomic E-state index is 12.0. The van der Waals surface area contributed by atoms with Crippen LogP contribution in [0.1, 0.15) is 54.0 Å². The predicted molar refractivity (Wildman–Crippen MR) is 88.0 cm³/mol. The number of ether oxygens (including phenoxy) is 1. The van der Waals surface area contributed by atoms with E-state index in [0.29, 0.717) is 29.6 Å². The number of carbonyl (C=O) groups is 2. The number of amides is 1. The summed E-state index contributed by atoms with van der Waals surface area (Å²) in [6.07, 6.45) is 2.30. The molecule has 0 aromatic carbocycles. The molecule has 1 aliphatic heterocycles. The normalized spacial score (nSPS) is 16.4. The number of carbonyl (C=O) groups excluding carboxylic acids is 1. The topological polar surface area (TPSA) is 79.7 Å². The molecule has 0 radical (unpaired) electrons. The van der Waals surface area contributed by atoms with Crippen molar-refractivity contribution < 1.29 is 19.4 Å². The predicted octanol–water partition coefficient (Wildman–Crippen LogP) is 3.34. The Morgan fingerprint density at radius 3 is 2.43 bits per heavy atom. The summed E-state index contributed by atoms with van der Waals surface area (Å²) in [5.41, 5.74) is 0.114. The van der Waals surface area contributed by atoms with Crippen molar-refractivity contribution in [2.75, 3.05) is 13.1 Å². The van der Waals surface area contributed by atoms with Crippen molar-refractivity contribution in [1.29, 1.82) is 0 Å². The first-order valence-electron chi connectivity index (χ1n) is 7.83. The summed E-state index contributed by atoms with van der Waals surface area (Å²) in [6.45, 7) is 8.67. The molecular weight excluding hydrogens is 316 g/mol. The molecule has 1 aromatic heterocycles. The molecule has 128 valence electrons. The summed E-state index contributed by atoms with van der Waals surface area (Å²) in [6, 6.07) is 0. The van der Waals surface area contributed by atoms with E-state index in [1.54, 1.807) is 11.8 Å². The lowest BCUT2D eigenvalue weighted by molar-refractivity contribution is 0.0184. The highest BCUT2D eigenvalue weighted by molar-refractivity contribution is 7.13. The number of carboxylic acids is 1. The van der Waals surface area contributed by atoms with Crippen LogP contribution in [-0.2, 0) is 11.2 Å². The van der Waals surface area contributed by atoms with Crippen molar-refractivity contribution in [3.05, 3.63) is 15.6 Å². The van der Waals surface area contributed by atoms with Crippen LogP contribution in [0.3, 0.4) is 0 Å². The van der Waals surface area contributed by atoms with E-state index in [4.69, 9.17) is 9.84 Å². The average Bonchev–Trinajstić information content (AvgIpc) is 2.78. The van der Waals surface area contributed by atoms with E-state index in [0.717, 1.165) is 24.3 Å². The van der Waals surface area contributed by atoms with Gasteiger partial charge in [0, 0.05) is 19.5 Å². The number of nitrogens with zero attached hydrogens (tertiary/aromatic N) is 2. The van der Waals surface area contributed by atoms with Gasteiger partial charge in [-0.05, 0) is 46.5 Å². The van der Waals surface area contributed by atoms with Gasteiger partial charge in [-0.3, -0.25) is 0 Å². The van der Waals surface area contributed by atoms with E-state index in [-0.39, 0.29) is 6.09 Å². The number of hydrogen-bond donors (Lipinski definition) is 1. The van der Waals surface area contributed by atoms with Crippen LogP contribution in [0.2, 0.25) is 0 Å². The molecule has 2 heterocycles. The van der Waals surface area contributed by atoms with E-state index < -0.39 is 11.6 Å². The first-order chi connectivity index (χ1) is 10.7. The van der Waals surface area contributed by atoms with Crippen molar-refractivity contribution >= 4 is 23.4 Å². The number of hydrogen-bond acceptors (Lipinski definition) is 5. The fourth-order valence-electron chi connectivity index (χ4n) is 2.63. The second kappa shape index (κ2) is 6.86. The minimum Gasteiger partial charge on any atom is -0.477 e. The molecule has 0 spiro atoms. The standard InChI is InChI=1S/C16H24N2O4S/c1-10-13(14(19)20)23-12(17-10)9-11-5-7-18(8-6-11)15(21)22-16(2,3)4/h11H,5-9H2,1-4H3,(H,19,20). The van der Waals surface area contributed by atoms with Crippen LogP contribution in [0.5, 0.6) is 0 Å². The van der Waals surface area contributed by atoms with E-state index in [1.165, 1.54) is 11.3 Å². The van der Waals surface area contributed by atoms with Crippen molar-refractivity contribution in [1.82, 2.24) is 9.88 Å². The number of thiazole rings is 1. The van der Waals surface area contributed by atoms with Crippen molar-refractivity contribution in [3.8, 4) is 0 Å². The Bertz CT molecular complexity index is 583. The monoisotopic (exact) mass is 340 g/mol. The second-order valence-corrected chi connectivity index (χ2v) is 8.03. The quantitative estimate of drug-likeness (QED) is 0.913. The highest BCUT2D eigenvalue weighted by Crippen LogP contribution is 2.26. The molecule has 0 saturated carbocycles. The van der Waals surface area contributed by atoms with Crippen LogP contribution in [0.4, 0.5) is 4.79 Å². The molecular formula is C16H24N2O4S. The zero-order valence-electron chi connectivity index (χ0n) is 14.1. The van der Waals surface area contributed by atoms with Crippen molar-refractivity contribution in [3.63, 3.8) is 0 Å². The summed E-state index contributed by atoms with van der Waals surface area (Å²) in [5.74, 6) is -0.480. The van der Waals surface area contributed by atoms with Gasteiger partial charge in [-0.15, -0.1) is 11.3 Å². The largest absolute Gasteiger partial charge is 0.477 e. The third-order valence-corrected chi connectivity index (χ3v) is 4.93. The van der Waals surface area contributed by atoms with Gasteiger partial charge in [-0.25, -0.2) is 14.6 Å². The van der Waals surface area contributed by atoms with E-state index >= 15 is 0 Å². The fourth-order valence-corrected chi connectivity index (χ4v) is 3.65. The van der Waals surface area contributed by atoms with Crippen LogP contribution in [0.25, 0.3) is 0 Å². The third kappa shape index (κ3) is 4.92. The van der Waals surface area contributed by atoms with Gasteiger partial charge < -0.3 is 14.7 Å². The summed E-state index contributed by atoms with van der Waals surface area (Å²) in [4.78, 5) is 29.5. The fraction of sp³-hybridized carbons (Fsp3) is 0.688. The minimum absolute atomic E-state index is 0.255. The number of aromatic nitrogens is 1. The van der Waals surface area contributed by atoms with Crippen LogP contribution < -0.4 is 0 Å². The van der Waals surface area contributed by atoms with Crippen LogP contribution in [0, 0.1) is 12.8 Å². The highest BCUT2D eigenvalue weighted by Gasteiger charge is 2.27. The Hall–Kier alpha value is -1.63. The zero-order valence-corrected chi connectivity index (χ0v) is 14.9.